The molecule has 0 bridgehead atoms. The van der Waals surface area contributed by atoms with Crippen LogP contribution in [0.2, 0.25) is 8.67 Å². The van der Waals surface area contributed by atoms with Crippen LogP contribution in [-0.4, -0.2) is 0 Å². The largest absolute Gasteiger partial charge is 0.133 e. The number of halogens is 4. The van der Waals surface area contributed by atoms with Crippen molar-refractivity contribution in [2.45, 2.75) is 12.3 Å². The standard InChI is InChI=1S/C10H6BrCl3S2/c1-4-5(2-7(11)15-4)9(13)6-3-8(12)16-10(6)14/h2-3,9H,1H3. The molecule has 2 rings (SSSR count). The Hall–Kier alpha value is 0.750. The highest BCUT2D eigenvalue weighted by atomic mass is 79.9. The normalized spacial score (nSPS) is 13.1. The summed E-state index contributed by atoms with van der Waals surface area (Å²) in [6, 6.07) is 3.86. The molecule has 0 radical (unpaired) electrons. The third kappa shape index (κ3) is 2.60. The smallest absolute Gasteiger partial charge is 0.0994 e. The summed E-state index contributed by atoms with van der Waals surface area (Å²) in [7, 11) is 0. The Bertz CT molecular complexity index is 472. The van der Waals surface area contributed by atoms with Gasteiger partial charge in [-0.3, -0.25) is 0 Å². The van der Waals surface area contributed by atoms with Crippen molar-refractivity contribution in [2.75, 3.05) is 0 Å². The molecule has 0 aliphatic rings. The summed E-state index contributed by atoms with van der Waals surface area (Å²) in [5.41, 5.74) is 1.96. The molecule has 1 unspecified atom stereocenters. The summed E-state index contributed by atoms with van der Waals surface area (Å²) in [6.07, 6.45) is 0. The van der Waals surface area contributed by atoms with Crippen molar-refractivity contribution >= 4 is 73.4 Å². The van der Waals surface area contributed by atoms with Crippen LogP contribution in [0.25, 0.3) is 0 Å². The number of hydrogen-bond donors (Lipinski definition) is 0. The molecular weight excluding hydrogens is 371 g/mol. The average molecular weight is 377 g/mol. The van der Waals surface area contributed by atoms with E-state index in [2.05, 4.69) is 15.9 Å². The lowest BCUT2D eigenvalue weighted by Gasteiger charge is -2.07. The van der Waals surface area contributed by atoms with Crippen molar-refractivity contribution in [3.05, 3.63) is 40.6 Å². The van der Waals surface area contributed by atoms with Crippen LogP contribution in [0.4, 0.5) is 0 Å². The van der Waals surface area contributed by atoms with E-state index in [1.54, 1.807) is 11.3 Å². The second kappa shape index (κ2) is 5.17. The number of aryl methyl sites for hydroxylation is 1. The zero-order valence-corrected chi connectivity index (χ0v) is 13.5. The van der Waals surface area contributed by atoms with E-state index in [0.29, 0.717) is 8.67 Å². The van der Waals surface area contributed by atoms with Gasteiger partial charge in [-0.15, -0.1) is 34.3 Å². The molecule has 0 saturated carbocycles. The zero-order chi connectivity index (χ0) is 11.9. The van der Waals surface area contributed by atoms with Gasteiger partial charge in [0, 0.05) is 10.4 Å². The van der Waals surface area contributed by atoms with Gasteiger partial charge in [0.25, 0.3) is 0 Å². The van der Waals surface area contributed by atoms with Gasteiger partial charge in [-0.25, -0.2) is 0 Å². The topological polar surface area (TPSA) is 0 Å². The van der Waals surface area contributed by atoms with Crippen molar-refractivity contribution in [1.29, 1.82) is 0 Å². The molecule has 0 spiro atoms. The number of thiophene rings is 2. The molecule has 0 nitrogen and oxygen atoms in total. The van der Waals surface area contributed by atoms with Gasteiger partial charge in [0.2, 0.25) is 0 Å². The average Bonchev–Trinajstić information content (AvgIpc) is 2.68. The lowest BCUT2D eigenvalue weighted by atomic mass is 10.1. The van der Waals surface area contributed by atoms with Crippen molar-refractivity contribution in [3.8, 4) is 0 Å². The van der Waals surface area contributed by atoms with Gasteiger partial charge < -0.3 is 0 Å². The Morgan fingerprint density at radius 3 is 2.31 bits per heavy atom. The van der Waals surface area contributed by atoms with E-state index in [4.69, 9.17) is 34.8 Å². The van der Waals surface area contributed by atoms with Gasteiger partial charge in [-0.05, 0) is 40.5 Å². The summed E-state index contributed by atoms with van der Waals surface area (Å²) in [4.78, 5) is 1.19. The molecule has 0 aromatic carbocycles. The molecule has 0 aliphatic heterocycles. The predicted molar refractivity (Wildman–Crippen MR) is 78.8 cm³/mol. The molecule has 2 heterocycles. The van der Waals surface area contributed by atoms with Crippen LogP contribution in [-0.2, 0) is 0 Å². The molecule has 0 saturated heterocycles. The minimum absolute atomic E-state index is 0.237. The first-order valence-electron chi connectivity index (χ1n) is 4.33. The van der Waals surface area contributed by atoms with E-state index < -0.39 is 0 Å². The van der Waals surface area contributed by atoms with Gasteiger partial charge in [0.05, 0.1) is 17.8 Å². The van der Waals surface area contributed by atoms with Gasteiger partial charge in [0.1, 0.15) is 0 Å². The first kappa shape index (κ1) is 13.2. The Balaban J connectivity index is 2.42. The second-order valence-corrected chi connectivity index (χ2v) is 8.56. The number of alkyl halides is 1. The Labute approximate surface area is 125 Å². The summed E-state index contributed by atoms with van der Waals surface area (Å²) >= 11 is 24.9. The predicted octanol–water partition coefficient (Wildman–Crippen LogP) is 6.52. The molecule has 1 atom stereocenters. The van der Waals surface area contributed by atoms with Crippen LogP contribution in [0.5, 0.6) is 0 Å². The summed E-state index contributed by atoms with van der Waals surface area (Å²) in [5.74, 6) is 0. The zero-order valence-electron chi connectivity index (χ0n) is 8.06. The van der Waals surface area contributed by atoms with Crippen molar-refractivity contribution in [2.24, 2.45) is 0 Å². The van der Waals surface area contributed by atoms with Gasteiger partial charge in [-0.2, -0.15) is 0 Å². The van der Waals surface area contributed by atoms with E-state index in [-0.39, 0.29) is 5.38 Å². The maximum atomic E-state index is 6.42. The highest BCUT2D eigenvalue weighted by Crippen LogP contribution is 2.43. The minimum Gasteiger partial charge on any atom is -0.133 e. The fourth-order valence-electron chi connectivity index (χ4n) is 1.40. The fourth-order valence-corrected chi connectivity index (χ4v) is 5.27. The monoisotopic (exact) mass is 374 g/mol. The molecule has 0 N–H and O–H groups in total. The highest BCUT2D eigenvalue weighted by Gasteiger charge is 2.20. The Morgan fingerprint density at radius 2 is 1.88 bits per heavy atom. The molecule has 6 heteroatoms. The maximum Gasteiger partial charge on any atom is 0.0994 e. The summed E-state index contributed by atoms with van der Waals surface area (Å²) < 4.78 is 2.40. The van der Waals surface area contributed by atoms with Crippen LogP contribution in [0.1, 0.15) is 21.4 Å². The molecule has 0 aliphatic carbocycles. The summed E-state index contributed by atoms with van der Waals surface area (Å²) in [5, 5.41) is -0.237. The first-order chi connectivity index (χ1) is 7.49. The SMILES string of the molecule is Cc1sc(Br)cc1C(Cl)c1cc(Cl)sc1Cl. The first-order valence-corrected chi connectivity index (χ1v) is 7.95. The number of rotatable bonds is 2. The van der Waals surface area contributed by atoms with Gasteiger partial charge in [-0.1, -0.05) is 23.2 Å². The van der Waals surface area contributed by atoms with E-state index in [0.717, 1.165) is 14.9 Å². The molecule has 2 aromatic rings. The summed E-state index contributed by atoms with van der Waals surface area (Å²) in [6.45, 7) is 2.04. The van der Waals surface area contributed by atoms with Gasteiger partial charge >= 0.3 is 0 Å². The minimum atomic E-state index is -0.237. The third-order valence-electron chi connectivity index (χ3n) is 2.16. The van der Waals surface area contributed by atoms with E-state index >= 15 is 0 Å². The Kier molecular flexibility index (Phi) is 4.26. The van der Waals surface area contributed by atoms with E-state index in [1.807, 2.05) is 19.1 Å². The van der Waals surface area contributed by atoms with Crippen LogP contribution in [0.15, 0.2) is 15.9 Å². The highest BCUT2D eigenvalue weighted by molar-refractivity contribution is 9.11. The van der Waals surface area contributed by atoms with Crippen molar-refractivity contribution < 1.29 is 0 Å². The number of hydrogen-bond acceptors (Lipinski definition) is 2. The molecule has 86 valence electrons. The lowest BCUT2D eigenvalue weighted by molar-refractivity contribution is 1.15. The molecular formula is C10H6BrCl3S2. The van der Waals surface area contributed by atoms with Crippen LogP contribution >= 0.6 is 73.4 Å². The second-order valence-electron chi connectivity index (χ2n) is 3.20. The Morgan fingerprint density at radius 1 is 1.19 bits per heavy atom. The van der Waals surface area contributed by atoms with Crippen LogP contribution in [0.3, 0.4) is 0 Å². The van der Waals surface area contributed by atoms with Crippen molar-refractivity contribution in [1.82, 2.24) is 0 Å². The fraction of sp³-hybridized carbons (Fsp3) is 0.200. The third-order valence-corrected chi connectivity index (χ3v) is 5.71. The van der Waals surface area contributed by atoms with Crippen LogP contribution < -0.4 is 0 Å². The van der Waals surface area contributed by atoms with E-state index in [9.17, 15) is 0 Å². The van der Waals surface area contributed by atoms with Gasteiger partial charge in [0.15, 0.2) is 0 Å². The molecule has 2 aromatic heterocycles. The molecule has 16 heavy (non-hydrogen) atoms. The van der Waals surface area contributed by atoms with Crippen molar-refractivity contribution in [3.63, 3.8) is 0 Å². The lowest BCUT2D eigenvalue weighted by Crippen LogP contribution is -1.91. The maximum absolute atomic E-state index is 6.42. The van der Waals surface area contributed by atoms with E-state index in [1.165, 1.54) is 16.2 Å². The quantitative estimate of drug-likeness (QED) is 0.524. The van der Waals surface area contributed by atoms with Crippen LogP contribution in [0, 0.1) is 6.92 Å². The molecule has 0 amide bonds. The molecule has 0 fully saturated rings.